The van der Waals surface area contributed by atoms with Crippen LogP contribution in [0.4, 0.5) is 13.2 Å². The quantitative estimate of drug-likeness (QED) is 0.794. The molecule has 1 heterocycles. The predicted molar refractivity (Wildman–Crippen MR) is 79.3 cm³/mol. The Hall–Kier alpha value is -0.290. The number of rotatable bonds is 4. The highest BCUT2D eigenvalue weighted by Gasteiger charge is 2.42. The van der Waals surface area contributed by atoms with Crippen LogP contribution in [0.5, 0.6) is 0 Å². The van der Waals surface area contributed by atoms with Gasteiger partial charge in [-0.05, 0) is 51.2 Å². The second kappa shape index (κ2) is 7.32. The largest absolute Gasteiger partial charge is 0.391 e. The number of hydrogen-bond acceptors (Lipinski definition) is 2. The summed E-state index contributed by atoms with van der Waals surface area (Å²) in [7, 11) is 1.99. The average Bonchev–Trinajstić information content (AvgIpc) is 2.65. The normalized spacial score (nSPS) is 25.7. The van der Waals surface area contributed by atoms with E-state index in [4.69, 9.17) is 0 Å². The smallest absolute Gasteiger partial charge is 0.319 e. The Morgan fingerprint density at radius 3 is 2.10 bits per heavy atom. The molecule has 2 nitrogen and oxygen atoms in total. The van der Waals surface area contributed by atoms with Gasteiger partial charge in [0.2, 0.25) is 0 Å². The fourth-order valence-electron chi connectivity index (χ4n) is 4.14. The van der Waals surface area contributed by atoms with Gasteiger partial charge in [-0.1, -0.05) is 25.7 Å². The van der Waals surface area contributed by atoms with Crippen LogP contribution in [0.2, 0.25) is 0 Å². The maximum Gasteiger partial charge on any atom is 0.391 e. The fourth-order valence-corrected chi connectivity index (χ4v) is 4.14. The molecule has 0 aromatic carbocycles. The lowest BCUT2D eigenvalue weighted by Crippen LogP contribution is -2.47. The average molecular weight is 306 g/mol. The molecule has 1 aliphatic carbocycles. The van der Waals surface area contributed by atoms with E-state index in [0.717, 1.165) is 13.1 Å². The van der Waals surface area contributed by atoms with Gasteiger partial charge in [0.05, 0.1) is 5.92 Å². The summed E-state index contributed by atoms with van der Waals surface area (Å²) in [6.45, 7) is 3.18. The van der Waals surface area contributed by atoms with E-state index in [1.54, 1.807) is 0 Å². The Kier molecular flexibility index (Phi) is 5.95. The Morgan fingerprint density at radius 2 is 1.62 bits per heavy atom. The Bertz CT molecular complexity index is 301. The first-order valence-corrected chi connectivity index (χ1v) is 8.39. The van der Waals surface area contributed by atoms with Gasteiger partial charge >= 0.3 is 6.18 Å². The maximum absolute atomic E-state index is 12.7. The molecule has 0 atom stereocenters. The lowest BCUT2D eigenvalue weighted by atomic mass is 9.79. The van der Waals surface area contributed by atoms with Crippen molar-refractivity contribution in [3.8, 4) is 0 Å². The molecule has 0 spiro atoms. The minimum absolute atomic E-state index is 0.274. The molecule has 1 aliphatic heterocycles. The zero-order valence-electron chi connectivity index (χ0n) is 13.1. The van der Waals surface area contributed by atoms with Crippen molar-refractivity contribution in [2.24, 2.45) is 11.3 Å². The summed E-state index contributed by atoms with van der Waals surface area (Å²) in [6.07, 6.45) is 4.13. The Morgan fingerprint density at radius 1 is 1.05 bits per heavy atom. The van der Waals surface area contributed by atoms with E-state index in [-0.39, 0.29) is 18.3 Å². The van der Waals surface area contributed by atoms with Crippen molar-refractivity contribution in [3.63, 3.8) is 0 Å². The molecule has 0 unspecified atom stereocenters. The van der Waals surface area contributed by atoms with Gasteiger partial charge in [-0.2, -0.15) is 13.2 Å². The number of alkyl halides is 3. The van der Waals surface area contributed by atoms with E-state index in [1.807, 2.05) is 7.05 Å². The van der Waals surface area contributed by atoms with Gasteiger partial charge in [0, 0.05) is 13.1 Å². The molecule has 2 rings (SSSR count). The van der Waals surface area contributed by atoms with E-state index in [2.05, 4.69) is 10.2 Å². The number of nitrogens with one attached hydrogen (secondary N) is 1. The van der Waals surface area contributed by atoms with Crippen molar-refractivity contribution in [2.75, 3.05) is 33.2 Å². The third kappa shape index (κ3) is 4.85. The van der Waals surface area contributed by atoms with Crippen LogP contribution in [0, 0.1) is 11.3 Å². The van der Waals surface area contributed by atoms with Crippen LogP contribution in [0.15, 0.2) is 0 Å². The highest BCUT2D eigenvalue weighted by molar-refractivity contribution is 4.88. The van der Waals surface area contributed by atoms with Crippen LogP contribution in [0.25, 0.3) is 0 Å². The molecule has 0 radical (unpaired) electrons. The molecule has 1 N–H and O–H groups in total. The standard InChI is InChI=1S/C16H29F3N2/c1-20-12-15(8-4-2-3-5-9-15)13-21-10-6-14(7-11-21)16(17,18)19/h14,20H,2-13H2,1H3. The molecule has 21 heavy (non-hydrogen) atoms. The third-order valence-electron chi connectivity index (χ3n) is 5.33. The molecule has 2 fully saturated rings. The topological polar surface area (TPSA) is 15.3 Å². The summed E-state index contributed by atoms with van der Waals surface area (Å²) in [6, 6.07) is 0. The van der Waals surface area contributed by atoms with Gasteiger partial charge in [-0.3, -0.25) is 0 Å². The van der Waals surface area contributed by atoms with Crippen molar-refractivity contribution >= 4 is 0 Å². The molecular formula is C16H29F3N2. The summed E-state index contributed by atoms with van der Waals surface area (Å²) >= 11 is 0. The molecule has 5 heteroatoms. The molecule has 0 aromatic rings. The van der Waals surface area contributed by atoms with Crippen molar-refractivity contribution in [3.05, 3.63) is 0 Å². The second-order valence-corrected chi connectivity index (χ2v) is 7.04. The number of hydrogen-bond donors (Lipinski definition) is 1. The maximum atomic E-state index is 12.7. The summed E-state index contributed by atoms with van der Waals surface area (Å²) in [5, 5.41) is 3.32. The number of likely N-dealkylation sites (tertiary alicyclic amines) is 1. The summed E-state index contributed by atoms with van der Waals surface area (Å²) in [5.41, 5.74) is 0.274. The van der Waals surface area contributed by atoms with E-state index in [1.165, 1.54) is 38.5 Å². The zero-order chi connectivity index (χ0) is 15.3. The van der Waals surface area contributed by atoms with Gasteiger partial charge < -0.3 is 10.2 Å². The summed E-state index contributed by atoms with van der Waals surface area (Å²) in [5.74, 6) is -1.08. The number of halogens is 3. The van der Waals surface area contributed by atoms with Gasteiger partial charge in [-0.15, -0.1) is 0 Å². The van der Waals surface area contributed by atoms with E-state index < -0.39 is 12.1 Å². The monoisotopic (exact) mass is 306 g/mol. The fraction of sp³-hybridized carbons (Fsp3) is 1.00. The van der Waals surface area contributed by atoms with Crippen LogP contribution in [-0.4, -0.2) is 44.3 Å². The first-order valence-electron chi connectivity index (χ1n) is 8.39. The first-order chi connectivity index (χ1) is 9.95. The Labute approximate surface area is 126 Å². The highest BCUT2D eigenvalue weighted by Crippen LogP contribution is 2.38. The lowest BCUT2D eigenvalue weighted by Gasteiger charge is -2.41. The molecule has 1 saturated heterocycles. The SMILES string of the molecule is CNCC1(CN2CCC(C(F)(F)F)CC2)CCCCCC1. The van der Waals surface area contributed by atoms with Crippen molar-refractivity contribution in [1.29, 1.82) is 0 Å². The van der Waals surface area contributed by atoms with Crippen LogP contribution in [0.3, 0.4) is 0 Å². The zero-order valence-corrected chi connectivity index (χ0v) is 13.1. The van der Waals surface area contributed by atoms with Gasteiger partial charge in [-0.25, -0.2) is 0 Å². The molecule has 0 amide bonds. The lowest BCUT2D eigenvalue weighted by molar-refractivity contribution is -0.185. The van der Waals surface area contributed by atoms with Crippen LogP contribution >= 0.6 is 0 Å². The molecule has 1 saturated carbocycles. The van der Waals surface area contributed by atoms with Crippen molar-refractivity contribution in [1.82, 2.24) is 10.2 Å². The van der Waals surface area contributed by atoms with Gasteiger partial charge in [0.15, 0.2) is 0 Å². The predicted octanol–water partition coefficient (Wildman–Crippen LogP) is 3.82. The van der Waals surface area contributed by atoms with Crippen molar-refractivity contribution < 1.29 is 13.2 Å². The summed E-state index contributed by atoms with van der Waals surface area (Å²) in [4.78, 5) is 2.28. The minimum Gasteiger partial charge on any atom is -0.319 e. The molecule has 2 aliphatic rings. The molecule has 0 bridgehead atoms. The third-order valence-corrected chi connectivity index (χ3v) is 5.33. The van der Waals surface area contributed by atoms with E-state index in [9.17, 15) is 13.2 Å². The van der Waals surface area contributed by atoms with Crippen molar-refractivity contribution in [2.45, 2.75) is 57.5 Å². The highest BCUT2D eigenvalue weighted by atomic mass is 19.4. The van der Waals surface area contributed by atoms with Gasteiger partial charge in [0.25, 0.3) is 0 Å². The molecular weight excluding hydrogens is 277 g/mol. The number of nitrogens with zero attached hydrogens (tertiary/aromatic N) is 1. The first kappa shape index (κ1) is 17.1. The van der Waals surface area contributed by atoms with Crippen LogP contribution in [0.1, 0.15) is 51.4 Å². The molecule has 0 aromatic heterocycles. The summed E-state index contributed by atoms with van der Waals surface area (Å²) < 4.78 is 38.2. The van der Waals surface area contributed by atoms with Gasteiger partial charge in [0.1, 0.15) is 0 Å². The molecule has 124 valence electrons. The van der Waals surface area contributed by atoms with Crippen LogP contribution in [-0.2, 0) is 0 Å². The van der Waals surface area contributed by atoms with E-state index >= 15 is 0 Å². The minimum atomic E-state index is -4.00. The second-order valence-electron chi connectivity index (χ2n) is 7.04. The van der Waals surface area contributed by atoms with E-state index in [0.29, 0.717) is 13.1 Å². The Balaban J connectivity index is 1.90. The number of piperidine rings is 1. The van der Waals surface area contributed by atoms with Crippen LogP contribution < -0.4 is 5.32 Å².